The second-order valence-corrected chi connectivity index (χ2v) is 7.63. The average molecular weight is 405 g/mol. The van der Waals surface area contributed by atoms with Crippen LogP contribution in [-0.4, -0.2) is 25.7 Å². The third-order valence-corrected chi connectivity index (χ3v) is 5.93. The first-order chi connectivity index (χ1) is 14.2. The maximum absolute atomic E-state index is 6.49. The zero-order chi connectivity index (χ0) is 20.0. The second-order valence-electron chi connectivity index (χ2n) is 7.22. The molecule has 0 amide bonds. The Morgan fingerprint density at radius 2 is 1.86 bits per heavy atom. The van der Waals surface area contributed by atoms with Crippen LogP contribution in [0.25, 0.3) is 32.9 Å². The van der Waals surface area contributed by atoms with Crippen molar-refractivity contribution in [3.05, 3.63) is 64.7 Å². The topological polar surface area (TPSA) is 43.4 Å². The van der Waals surface area contributed by atoms with Gasteiger partial charge < -0.3 is 14.8 Å². The number of rotatable bonds is 3. The summed E-state index contributed by atoms with van der Waals surface area (Å²) < 4.78 is 10.9. The number of ether oxygens (including phenoxy) is 2. The maximum atomic E-state index is 6.49. The molecule has 0 atom stereocenters. The third-order valence-electron chi connectivity index (χ3n) is 5.65. The Bertz CT molecular complexity index is 1250. The molecule has 4 nitrogen and oxygen atoms in total. The molecule has 0 bridgehead atoms. The van der Waals surface area contributed by atoms with Gasteiger partial charge in [-0.25, -0.2) is 4.98 Å². The molecule has 0 spiro atoms. The Morgan fingerprint density at radius 3 is 2.69 bits per heavy atom. The molecule has 5 heteroatoms. The summed E-state index contributed by atoms with van der Waals surface area (Å²) in [6.07, 6.45) is 0.969. The Labute approximate surface area is 174 Å². The van der Waals surface area contributed by atoms with Crippen molar-refractivity contribution in [1.29, 1.82) is 0 Å². The fourth-order valence-corrected chi connectivity index (χ4v) is 4.63. The van der Waals surface area contributed by atoms with Gasteiger partial charge in [-0.1, -0.05) is 41.9 Å². The lowest BCUT2D eigenvalue weighted by Crippen LogP contribution is -2.25. The number of aromatic nitrogens is 1. The van der Waals surface area contributed by atoms with Crippen LogP contribution < -0.4 is 14.8 Å². The van der Waals surface area contributed by atoms with E-state index < -0.39 is 0 Å². The van der Waals surface area contributed by atoms with Crippen molar-refractivity contribution < 1.29 is 9.47 Å². The highest BCUT2D eigenvalue weighted by atomic mass is 35.5. The summed E-state index contributed by atoms with van der Waals surface area (Å²) in [6.45, 7) is 1.74. The fourth-order valence-electron chi connectivity index (χ4n) is 4.34. The zero-order valence-corrected chi connectivity index (χ0v) is 17.1. The minimum atomic E-state index is 0.514. The normalized spacial score (nSPS) is 13.5. The maximum Gasteiger partial charge on any atom is 0.179 e. The summed E-state index contributed by atoms with van der Waals surface area (Å²) >= 11 is 6.49. The Hall–Kier alpha value is -2.82. The third kappa shape index (κ3) is 2.91. The van der Waals surface area contributed by atoms with E-state index in [1.165, 1.54) is 27.3 Å². The van der Waals surface area contributed by atoms with E-state index in [-0.39, 0.29) is 0 Å². The van der Waals surface area contributed by atoms with Crippen molar-refractivity contribution in [3.63, 3.8) is 0 Å². The molecule has 0 unspecified atom stereocenters. The average Bonchev–Trinajstić information content (AvgIpc) is 2.77. The van der Waals surface area contributed by atoms with Gasteiger partial charge in [0.1, 0.15) is 0 Å². The quantitative estimate of drug-likeness (QED) is 0.466. The van der Waals surface area contributed by atoms with Gasteiger partial charge in [-0.3, -0.25) is 0 Å². The molecule has 1 N–H and O–H groups in total. The predicted molar refractivity (Wildman–Crippen MR) is 118 cm³/mol. The summed E-state index contributed by atoms with van der Waals surface area (Å²) in [4.78, 5) is 5.09. The number of benzene rings is 3. The first-order valence-corrected chi connectivity index (χ1v) is 10.0. The number of halogens is 1. The SMILES string of the molecule is COc1cc(-c2nc3ccc4ccccc4c3c3c2CNCC3)cc(Cl)c1OC. The van der Waals surface area contributed by atoms with E-state index in [4.69, 9.17) is 26.1 Å². The van der Waals surface area contributed by atoms with E-state index in [1.54, 1.807) is 14.2 Å². The van der Waals surface area contributed by atoms with Crippen molar-refractivity contribution in [2.75, 3.05) is 20.8 Å². The first kappa shape index (κ1) is 18.2. The highest BCUT2D eigenvalue weighted by Crippen LogP contribution is 2.42. The summed E-state index contributed by atoms with van der Waals surface area (Å²) in [5.41, 5.74) is 5.47. The van der Waals surface area contributed by atoms with Crippen LogP contribution in [0.3, 0.4) is 0 Å². The first-order valence-electron chi connectivity index (χ1n) is 9.67. The van der Waals surface area contributed by atoms with Crippen molar-refractivity contribution in [1.82, 2.24) is 10.3 Å². The molecule has 3 aromatic carbocycles. The molecule has 4 aromatic rings. The standard InChI is InChI=1S/C24H21ClN2O2/c1-28-21-12-15(11-19(25)24(21)29-2)23-18-13-26-10-9-17(18)22-16-6-4-3-5-14(16)7-8-20(22)27-23/h3-8,11-12,26H,9-10,13H2,1-2H3. The fraction of sp³-hybridized carbons (Fsp3) is 0.208. The predicted octanol–water partition coefficient (Wildman–Crippen LogP) is 5.37. The molecule has 0 radical (unpaired) electrons. The molecule has 1 aliphatic heterocycles. The van der Waals surface area contributed by atoms with Gasteiger partial charge in [-0.15, -0.1) is 0 Å². The largest absolute Gasteiger partial charge is 0.493 e. The molecule has 2 heterocycles. The molecular formula is C24H21ClN2O2. The van der Waals surface area contributed by atoms with Gasteiger partial charge in [0.05, 0.1) is 30.5 Å². The van der Waals surface area contributed by atoms with E-state index in [1.807, 2.05) is 12.1 Å². The van der Waals surface area contributed by atoms with Crippen LogP contribution in [0.1, 0.15) is 11.1 Å². The molecular weight excluding hydrogens is 384 g/mol. The molecule has 146 valence electrons. The van der Waals surface area contributed by atoms with Crippen LogP contribution in [0.15, 0.2) is 48.5 Å². The smallest absolute Gasteiger partial charge is 0.179 e. The molecule has 5 rings (SSSR count). The minimum Gasteiger partial charge on any atom is -0.493 e. The van der Waals surface area contributed by atoms with E-state index in [0.717, 1.165) is 36.3 Å². The number of hydrogen-bond acceptors (Lipinski definition) is 4. The lowest BCUT2D eigenvalue weighted by molar-refractivity contribution is 0.355. The number of fused-ring (bicyclic) bond motifs is 5. The van der Waals surface area contributed by atoms with E-state index in [2.05, 4.69) is 41.7 Å². The van der Waals surface area contributed by atoms with Crippen LogP contribution in [0.4, 0.5) is 0 Å². The van der Waals surface area contributed by atoms with Crippen LogP contribution >= 0.6 is 11.6 Å². The van der Waals surface area contributed by atoms with Gasteiger partial charge in [0, 0.05) is 17.5 Å². The number of hydrogen-bond donors (Lipinski definition) is 1. The number of pyridine rings is 1. The number of nitrogens with one attached hydrogen (secondary N) is 1. The number of nitrogens with zero attached hydrogens (tertiary/aromatic N) is 1. The van der Waals surface area contributed by atoms with Crippen LogP contribution in [0, 0.1) is 0 Å². The number of methoxy groups -OCH3 is 2. The van der Waals surface area contributed by atoms with Gasteiger partial charge >= 0.3 is 0 Å². The van der Waals surface area contributed by atoms with E-state index >= 15 is 0 Å². The molecule has 0 aliphatic carbocycles. The van der Waals surface area contributed by atoms with Crippen molar-refractivity contribution in [2.45, 2.75) is 13.0 Å². The summed E-state index contributed by atoms with van der Waals surface area (Å²) in [7, 11) is 3.21. The highest BCUT2D eigenvalue weighted by Gasteiger charge is 2.22. The molecule has 29 heavy (non-hydrogen) atoms. The summed E-state index contributed by atoms with van der Waals surface area (Å²) in [6, 6.07) is 16.6. The molecule has 1 aliphatic rings. The van der Waals surface area contributed by atoms with Gasteiger partial charge in [0.2, 0.25) is 0 Å². The van der Waals surface area contributed by atoms with Gasteiger partial charge in [-0.05, 0) is 53.1 Å². The van der Waals surface area contributed by atoms with Crippen LogP contribution in [0.2, 0.25) is 5.02 Å². The van der Waals surface area contributed by atoms with Gasteiger partial charge in [-0.2, -0.15) is 0 Å². The Morgan fingerprint density at radius 1 is 1.00 bits per heavy atom. The van der Waals surface area contributed by atoms with Crippen molar-refractivity contribution >= 4 is 33.3 Å². The highest BCUT2D eigenvalue weighted by molar-refractivity contribution is 6.32. The van der Waals surface area contributed by atoms with Gasteiger partial charge in [0.15, 0.2) is 11.5 Å². The lowest BCUT2D eigenvalue weighted by Gasteiger charge is -2.23. The second kappa shape index (κ2) is 7.21. The Balaban J connectivity index is 1.84. The van der Waals surface area contributed by atoms with Crippen LogP contribution in [0.5, 0.6) is 11.5 Å². The molecule has 0 saturated heterocycles. The molecule has 1 aromatic heterocycles. The van der Waals surface area contributed by atoms with Crippen LogP contribution in [-0.2, 0) is 13.0 Å². The van der Waals surface area contributed by atoms with Crippen molar-refractivity contribution in [3.8, 4) is 22.8 Å². The van der Waals surface area contributed by atoms with E-state index in [0.29, 0.717) is 16.5 Å². The Kier molecular flexibility index (Phi) is 4.53. The minimum absolute atomic E-state index is 0.514. The molecule has 0 saturated carbocycles. The van der Waals surface area contributed by atoms with Crippen molar-refractivity contribution in [2.24, 2.45) is 0 Å². The monoisotopic (exact) mass is 404 g/mol. The molecule has 0 fully saturated rings. The van der Waals surface area contributed by atoms with Gasteiger partial charge in [0.25, 0.3) is 0 Å². The zero-order valence-electron chi connectivity index (χ0n) is 16.4. The van der Waals surface area contributed by atoms with E-state index in [9.17, 15) is 0 Å². The summed E-state index contributed by atoms with van der Waals surface area (Å²) in [5.74, 6) is 1.14. The summed E-state index contributed by atoms with van der Waals surface area (Å²) in [5, 5.41) is 7.77. The lowest BCUT2D eigenvalue weighted by atomic mass is 9.90.